The summed E-state index contributed by atoms with van der Waals surface area (Å²) in [6.07, 6.45) is 1.81. The highest BCUT2D eigenvalue weighted by Crippen LogP contribution is 2.36. The normalized spacial score (nSPS) is 14.2. The molecule has 1 heterocycles. The lowest BCUT2D eigenvalue weighted by Gasteiger charge is -2.26. The monoisotopic (exact) mass is 415 g/mol. The number of thiocarbonyl (C=S) groups is 1. The first-order valence-electron chi connectivity index (χ1n) is 9.62. The molecule has 0 fully saturated rings. The molecule has 0 unspecified atom stereocenters. The molecule has 0 radical (unpaired) electrons. The number of carbonyl (C=O) groups is 1. The number of carbonyl (C=O) groups excluding carboxylic acids is 1. The van der Waals surface area contributed by atoms with Gasteiger partial charge in [0.2, 0.25) is 5.91 Å². The summed E-state index contributed by atoms with van der Waals surface area (Å²) < 4.78 is 13.6. The molecule has 2 aromatic rings. The summed E-state index contributed by atoms with van der Waals surface area (Å²) in [4.78, 5) is 14.3. The third kappa shape index (κ3) is 5.44. The van der Waals surface area contributed by atoms with Gasteiger partial charge in [-0.25, -0.2) is 4.39 Å². The average Bonchev–Trinajstić information content (AvgIpc) is 2.73. The molecule has 7 heteroatoms. The molecule has 154 valence electrons. The van der Waals surface area contributed by atoms with Crippen LogP contribution >= 0.6 is 12.2 Å². The zero-order valence-electron chi connectivity index (χ0n) is 16.9. The Labute approximate surface area is 175 Å². The molecule has 3 N–H and O–H groups in total. The van der Waals surface area contributed by atoms with Crippen LogP contribution in [-0.4, -0.2) is 21.7 Å². The lowest BCUT2D eigenvalue weighted by molar-refractivity contribution is -0.118. The number of nitrogens with one attached hydrogen (secondary N) is 2. The number of nitrogens with zero attached hydrogens (tertiary/aromatic N) is 1. The molecule has 0 aromatic heterocycles. The third-order valence-electron chi connectivity index (χ3n) is 4.59. The second-order valence-corrected chi connectivity index (χ2v) is 8.70. The summed E-state index contributed by atoms with van der Waals surface area (Å²) >= 11 is 5.33. The number of benzene rings is 2. The summed E-state index contributed by atoms with van der Waals surface area (Å²) in [5.74, 6) is -0.383. The van der Waals surface area contributed by atoms with Crippen molar-refractivity contribution in [3.8, 4) is 5.75 Å². The van der Waals surface area contributed by atoms with Gasteiger partial charge in [-0.3, -0.25) is 4.79 Å². The van der Waals surface area contributed by atoms with E-state index in [4.69, 9.17) is 12.2 Å². The van der Waals surface area contributed by atoms with Crippen LogP contribution in [-0.2, 0) is 17.8 Å². The predicted molar refractivity (Wildman–Crippen MR) is 118 cm³/mol. The number of hydrogen-bond donors (Lipinski definition) is 3. The van der Waals surface area contributed by atoms with E-state index >= 15 is 0 Å². The number of aromatic hydroxyl groups is 1. The maximum Gasteiger partial charge on any atom is 0.227 e. The summed E-state index contributed by atoms with van der Waals surface area (Å²) in [6, 6.07) is 9.62. The maximum absolute atomic E-state index is 13.6. The van der Waals surface area contributed by atoms with Crippen molar-refractivity contribution in [2.45, 2.75) is 52.1 Å². The van der Waals surface area contributed by atoms with E-state index in [0.717, 1.165) is 5.56 Å². The third-order valence-corrected chi connectivity index (χ3v) is 4.80. The summed E-state index contributed by atoms with van der Waals surface area (Å²) in [6.45, 7) is 6.23. The highest BCUT2D eigenvalue weighted by Gasteiger charge is 2.24. The van der Waals surface area contributed by atoms with Crippen LogP contribution in [0.1, 0.15) is 44.7 Å². The highest BCUT2D eigenvalue weighted by atomic mass is 32.1. The number of amides is 1. The van der Waals surface area contributed by atoms with E-state index in [0.29, 0.717) is 41.3 Å². The van der Waals surface area contributed by atoms with Crippen LogP contribution in [0, 0.1) is 5.82 Å². The molecule has 3 rings (SSSR count). The van der Waals surface area contributed by atoms with E-state index in [1.807, 2.05) is 26.8 Å². The van der Waals surface area contributed by atoms with Gasteiger partial charge >= 0.3 is 0 Å². The van der Waals surface area contributed by atoms with Gasteiger partial charge in [-0.1, -0.05) is 12.1 Å². The van der Waals surface area contributed by atoms with Crippen LogP contribution < -0.4 is 15.5 Å². The number of aryl methyl sites for hydroxylation is 1. The van der Waals surface area contributed by atoms with Gasteiger partial charge in [-0.15, -0.1) is 0 Å². The van der Waals surface area contributed by atoms with E-state index < -0.39 is 0 Å². The van der Waals surface area contributed by atoms with Gasteiger partial charge in [-0.05, 0) is 75.2 Å². The molecule has 2 aromatic carbocycles. The van der Waals surface area contributed by atoms with E-state index in [9.17, 15) is 14.3 Å². The van der Waals surface area contributed by atoms with Crippen molar-refractivity contribution in [3.05, 3.63) is 53.3 Å². The quantitative estimate of drug-likeness (QED) is 0.509. The van der Waals surface area contributed by atoms with Crippen LogP contribution in [0.2, 0.25) is 0 Å². The Kier molecular flexibility index (Phi) is 6.07. The highest BCUT2D eigenvalue weighted by molar-refractivity contribution is 7.80. The van der Waals surface area contributed by atoms with Gasteiger partial charge in [0.25, 0.3) is 0 Å². The maximum atomic E-state index is 13.6. The smallest absolute Gasteiger partial charge is 0.227 e. The minimum atomic E-state index is -0.341. The fourth-order valence-electron chi connectivity index (χ4n) is 3.36. The van der Waals surface area contributed by atoms with Gasteiger partial charge < -0.3 is 20.6 Å². The van der Waals surface area contributed by atoms with E-state index in [2.05, 4.69) is 10.6 Å². The summed E-state index contributed by atoms with van der Waals surface area (Å²) in [5, 5.41) is 17.2. The molecule has 0 atom stereocenters. The molecule has 0 bridgehead atoms. The molecule has 1 aliphatic rings. The molecule has 1 aliphatic heterocycles. The van der Waals surface area contributed by atoms with Gasteiger partial charge in [0.1, 0.15) is 11.6 Å². The van der Waals surface area contributed by atoms with Gasteiger partial charge in [0, 0.05) is 18.0 Å². The standard InChI is InChI=1S/C22H26FN3O2S/c1-22(2,3)25-21(29)24-17-11-15-7-5-9-20(28)26(18(15)12-19(17)27)13-14-6-4-8-16(23)10-14/h4,6,8,10-12,27H,5,7,9,13H2,1-3H3,(H2,24,25,29). The molecular weight excluding hydrogens is 389 g/mol. The SMILES string of the molecule is CC(C)(C)NC(=S)Nc1cc2c(cc1O)N(Cc1cccc(F)c1)C(=O)CCC2. The number of rotatable bonds is 3. The lowest BCUT2D eigenvalue weighted by Crippen LogP contribution is -2.42. The van der Waals surface area contributed by atoms with Crippen LogP contribution in [0.25, 0.3) is 0 Å². The number of anilines is 2. The van der Waals surface area contributed by atoms with Crippen LogP contribution in [0.5, 0.6) is 5.75 Å². The van der Waals surface area contributed by atoms with Crippen LogP contribution in [0.15, 0.2) is 36.4 Å². The van der Waals surface area contributed by atoms with Crippen molar-refractivity contribution in [2.24, 2.45) is 0 Å². The number of phenols is 1. The van der Waals surface area contributed by atoms with Crippen molar-refractivity contribution in [1.29, 1.82) is 0 Å². The Hall–Kier alpha value is -2.67. The van der Waals surface area contributed by atoms with Crippen molar-refractivity contribution in [3.63, 3.8) is 0 Å². The molecule has 0 saturated heterocycles. The zero-order valence-corrected chi connectivity index (χ0v) is 17.7. The summed E-state index contributed by atoms with van der Waals surface area (Å²) in [7, 11) is 0. The second-order valence-electron chi connectivity index (χ2n) is 8.29. The minimum Gasteiger partial charge on any atom is -0.506 e. The van der Waals surface area contributed by atoms with E-state index in [-0.39, 0.29) is 29.6 Å². The van der Waals surface area contributed by atoms with Gasteiger partial charge in [0.15, 0.2) is 5.11 Å². The van der Waals surface area contributed by atoms with E-state index in [1.54, 1.807) is 23.1 Å². The first-order chi connectivity index (χ1) is 13.6. The Balaban J connectivity index is 1.91. The summed E-state index contributed by atoms with van der Waals surface area (Å²) in [5.41, 5.74) is 2.56. The molecule has 0 aliphatic carbocycles. The zero-order chi connectivity index (χ0) is 21.2. The van der Waals surface area contributed by atoms with Crippen molar-refractivity contribution in [2.75, 3.05) is 10.2 Å². The van der Waals surface area contributed by atoms with Crippen LogP contribution in [0.3, 0.4) is 0 Å². The fourth-order valence-corrected chi connectivity index (χ4v) is 3.77. The number of hydrogen-bond acceptors (Lipinski definition) is 3. The Morgan fingerprint density at radius 3 is 2.69 bits per heavy atom. The first kappa shape index (κ1) is 21.0. The molecule has 5 nitrogen and oxygen atoms in total. The Morgan fingerprint density at radius 1 is 1.24 bits per heavy atom. The second kappa shape index (κ2) is 8.37. The van der Waals surface area contributed by atoms with Crippen molar-refractivity contribution < 1.29 is 14.3 Å². The topological polar surface area (TPSA) is 64.6 Å². The first-order valence-corrected chi connectivity index (χ1v) is 10.0. The average molecular weight is 416 g/mol. The molecule has 0 saturated carbocycles. The predicted octanol–water partition coefficient (Wildman–Crippen LogP) is 4.49. The largest absolute Gasteiger partial charge is 0.506 e. The fraction of sp³-hybridized carbons (Fsp3) is 0.364. The van der Waals surface area contributed by atoms with Crippen LogP contribution in [0.4, 0.5) is 15.8 Å². The van der Waals surface area contributed by atoms with Gasteiger partial charge in [0.05, 0.1) is 17.9 Å². The number of halogens is 1. The number of phenolic OH excluding ortho intramolecular Hbond substituents is 1. The number of fused-ring (bicyclic) bond motifs is 1. The molecular formula is C22H26FN3O2S. The molecule has 0 spiro atoms. The molecule has 1 amide bonds. The van der Waals surface area contributed by atoms with Gasteiger partial charge in [-0.2, -0.15) is 0 Å². The molecule has 29 heavy (non-hydrogen) atoms. The van der Waals surface area contributed by atoms with Crippen molar-refractivity contribution >= 4 is 34.6 Å². The Bertz CT molecular complexity index is 940. The minimum absolute atomic E-state index is 0.000696. The van der Waals surface area contributed by atoms with E-state index in [1.165, 1.54) is 12.1 Å². The Morgan fingerprint density at radius 2 is 2.00 bits per heavy atom. The lowest BCUT2D eigenvalue weighted by atomic mass is 10.1. The van der Waals surface area contributed by atoms with Crippen molar-refractivity contribution in [1.82, 2.24) is 5.32 Å².